The quantitative estimate of drug-likeness (QED) is 0.360. The van der Waals surface area contributed by atoms with Crippen LogP contribution in [0.25, 0.3) is 0 Å². The van der Waals surface area contributed by atoms with Crippen molar-refractivity contribution in [3.05, 3.63) is 40.9 Å². The number of carbonyl (C=O) groups is 1. The lowest BCUT2D eigenvalue weighted by molar-refractivity contribution is -0.104. The van der Waals surface area contributed by atoms with E-state index >= 15 is 0 Å². The maximum Gasteiger partial charge on any atom is 0.142 e. The van der Waals surface area contributed by atoms with Crippen LogP contribution in [-0.2, 0) is 4.79 Å². The number of hydrazone groups is 1. The largest absolute Gasteiger partial charge is 0.496 e. The number of aldehydes is 1. The van der Waals surface area contributed by atoms with Crippen molar-refractivity contribution in [3.63, 3.8) is 0 Å². The third-order valence-electron chi connectivity index (χ3n) is 2.50. The number of halogens is 1. The van der Waals surface area contributed by atoms with Gasteiger partial charge in [0.1, 0.15) is 12.0 Å². The maximum atomic E-state index is 10.5. The van der Waals surface area contributed by atoms with Crippen LogP contribution in [0.5, 0.6) is 5.75 Å². The molecule has 0 saturated heterocycles. The number of allylic oxidation sites excluding steroid dienone is 2. The molecule has 0 aliphatic heterocycles. The predicted octanol–water partition coefficient (Wildman–Crippen LogP) is 1.70. The van der Waals surface area contributed by atoms with Gasteiger partial charge in [-0.25, -0.2) is 0 Å². The molecule has 0 aliphatic carbocycles. The summed E-state index contributed by atoms with van der Waals surface area (Å²) in [6.45, 7) is 1.09. The van der Waals surface area contributed by atoms with Gasteiger partial charge in [0.05, 0.1) is 12.8 Å². The van der Waals surface area contributed by atoms with Gasteiger partial charge >= 0.3 is 0 Å². The molecule has 1 aromatic carbocycles. The first-order valence-corrected chi connectivity index (χ1v) is 6.45. The SMILES string of the molecule is COc1cc(Cl)ccc1C(/C=C\C=O)=N/N(C)CCN. The van der Waals surface area contributed by atoms with Crippen LogP contribution in [0.15, 0.2) is 35.5 Å². The number of methoxy groups -OCH3 is 1. The van der Waals surface area contributed by atoms with Crippen LogP contribution in [0, 0.1) is 0 Å². The van der Waals surface area contributed by atoms with E-state index < -0.39 is 0 Å². The van der Waals surface area contributed by atoms with Gasteiger partial charge in [-0.15, -0.1) is 0 Å². The molecule has 0 atom stereocenters. The van der Waals surface area contributed by atoms with E-state index in [2.05, 4.69) is 5.10 Å². The highest BCUT2D eigenvalue weighted by molar-refractivity contribution is 6.31. The molecule has 0 saturated carbocycles. The summed E-state index contributed by atoms with van der Waals surface area (Å²) < 4.78 is 5.30. The lowest BCUT2D eigenvalue weighted by atomic mass is 10.1. The van der Waals surface area contributed by atoms with Crippen molar-refractivity contribution in [2.24, 2.45) is 10.8 Å². The lowest BCUT2D eigenvalue weighted by Gasteiger charge is -2.15. The number of rotatable bonds is 7. The normalized spacial score (nSPS) is 11.7. The summed E-state index contributed by atoms with van der Waals surface area (Å²) in [5, 5.41) is 6.69. The zero-order valence-corrected chi connectivity index (χ0v) is 12.3. The standard InChI is InChI=1S/C14H18ClN3O2/c1-18(8-7-16)17-13(4-3-9-19)12-6-5-11(15)10-14(12)20-2/h3-6,9-10H,7-8,16H2,1-2H3/b4-3-,17-13+. The van der Waals surface area contributed by atoms with Crippen LogP contribution >= 0.6 is 11.6 Å². The van der Waals surface area contributed by atoms with Crippen molar-refractivity contribution in [2.75, 3.05) is 27.2 Å². The molecule has 5 nitrogen and oxygen atoms in total. The van der Waals surface area contributed by atoms with Crippen molar-refractivity contribution < 1.29 is 9.53 Å². The number of hydrogen-bond donors (Lipinski definition) is 1. The summed E-state index contributed by atoms with van der Waals surface area (Å²) in [6.07, 6.45) is 3.69. The molecule has 0 bridgehead atoms. The Morgan fingerprint density at radius 3 is 2.90 bits per heavy atom. The Balaban J connectivity index is 3.23. The maximum absolute atomic E-state index is 10.5. The Labute approximate surface area is 123 Å². The lowest BCUT2D eigenvalue weighted by Crippen LogP contribution is -2.22. The van der Waals surface area contributed by atoms with E-state index in [9.17, 15) is 4.79 Å². The first-order chi connectivity index (χ1) is 9.62. The second kappa shape index (κ2) is 8.35. The van der Waals surface area contributed by atoms with Crippen molar-refractivity contribution >= 4 is 23.6 Å². The fourth-order valence-electron chi connectivity index (χ4n) is 1.60. The molecule has 1 rings (SSSR count). The summed E-state index contributed by atoms with van der Waals surface area (Å²) in [4.78, 5) is 10.5. The minimum atomic E-state index is 0.489. The fraction of sp³-hybridized carbons (Fsp3) is 0.286. The number of benzene rings is 1. The molecular weight excluding hydrogens is 278 g/mol. The Bertz CT molecular complexity index is 515. The summed E-state index contributed by atoms with van der Waals surface area (Å²) >= 11 is 5.94. The van der Waals surface area contributed by atoms with E-state index in [0.29, 0.717) is 35.9 Å². The van der Waals surface area contributed by atoms with Crippen molar-refractivity contribution in [2.45, 2.75) is 0 Å². The average Bonchev–Trinajstić information content (AvgIpc) is 2.43. The molecule has 0 heterocycles. The van der Waals surface area contributed by atoms with Gasteiger partial charge in [0, 0.05) is 30.7 Å². The summed E-state index contributed by atoms with van der Waals surface area (Å²) in [6, 6.07) is 5.24. The third kappa shape index (κ3) is 4.68. The van der Waals surface area contributed by atoms with Gasteiger partial charge in [0.15, 0.2) is 0 Å². The van der Waals surface area contributed by atoms with Gasteiger partial charge in [0.2, 0.25) is 0 Å². The molecule has 0 spiro atoms. The minimum Gasteiger partial charge on any atom is -0.496 e. The van der Waals surface area contributed by atoms with Gasteiger partial charge < -0.3 is 10.5 Å². The molecule has 0 unspecified atom stereocenters. The monoisotopic (exact) mass is 295 g/mol. The second-order valence-corrected chi connectivity index (χ2v) is 4.43. The van der Waals surface area contributed by atoms with E-state index in [0.717, 1.165) is 5.56 Å². The van der Waals surface area contributed by atoms with Gasteiger partial charge in [-0.2, -0.15) is 5.10 Å². The minimum absolute atomic E-state index is 0.489. The van der Waals surface area contributed by atoms with Crippen molar-refractivity contribution in [1.82, 2.24) is 5.01 Å². The van der Waals surface area contributed by atoms with Crippen LogP contribution in [0.3, 0.4) is 0 Å². The predicted molar refractivity (Wildman–Crippen MR) is 81.4 cm³/mol. The smallest absolute Gasteiger partial charge is 0.142 e. The Kier molecular flexibility index (Phi) is 6.76. The van der Waals surface area contributed by atoms with Gasteiger partial charge in [-0.05, 0) is 30.4 Å². The van der Waals surface area contributed by atoms with Crippen LogP contribution < -0.4 is 10.5 Å². The van der Waals surface area contributed by atoms with Crippen LogP contribution in [0.2, 0.25) is 5.02 Å². The zero-order chi connectivity index (χ0) is 15.0. The van der Waals surface area contributed by atoms with Crippen molar-refractivity contribution in [1.29, 1.82) is 0 Å². The molecular formula is C14H18ClN3O2. The molecule has 0 aromatic heterocycles. The molecule has 2 N–H and O–H groups in total. The van der Waals surface area contributed by atoms with E-state index in [1.807, 2.05) is 7.05 Å². The Hall–Kier alpha value is -1.85. The van der Waals surface area contributed by atoms with Crippen LogP contribution in [0.4, 0.5) is 0 Å². The molecule has 108 valence electrons. The fourth-order valence-corrected chi connectivity index (χ4v) is 1.77. The highest BCUT2D eigenvalue weighted by atomic mass is 35.5. The summed E-state index contributed by atoms with van der Waals surface area (Å²) in [7, 11) is 3.36. The third-order valence-corrected chi connectivity index (χ3v) is 2.74. The van der Waals surface area contributed by atoms with E-state index in [4.69, 9.17) is 22.1 Å². The molecule has 1 aromatic rings. The van der Waals surface area contributed by atoms with E-state index in [1.165, 1.54) is 6.08 Å². The summed E-state index contributed by atoms with van der Waals surface area (Å²) in [5.41, 5.74) is 6.84. The molecule has 0 radical (unpaired) electrons. The topological polar surface area (TPSA) is 67.9 Å². The number of ether oxygens (including phenoxy) is 1. The average molecular weight is 296 g/mol. The van der Waals surface area contributed by atoms with Gasteiger partial charge in [0.25, 0.3) is 0 Å². The van der Waals surface area contributed by atoms with E-state index in [-0.39, 0.29) is 0 Å². The van der Waals surface area contributed by atoms with Gasteiger partial charge in [-0.3, -0.25) is 9.80 Å². The van der Waals surface area contributed by atoms with Crippen LogP contribution in [0.1, 0.15) is 5.56 Å². The number of hydrogen-bond acceptors (Lipinski definition) is 5. The molecule has 0 amide bonds. The van der Waals surface area contributed by atoms with Crippen LogP contribution in [-0.4, -0.2) is 44.3 Å². The number of carbonyl (C=O) groups excluding carboxylic acids is 1. The number of likely N-dealkylation sites (N-methyl/N-ethyl adjacent to an activating group) is 1. The van der Waals surface area contributed by atoms with Crippen molar-refractivity contribution in [3.8, 4) is 5.75 Å². The first-order valence-electron chi connectivity index (χ1n) is 6.08. The Morgan fingerprint density at radius 2 is 2.30 bits per heavy atom. The van der Waals surface area contributed by atoms with Gasteiger partial charge in [-0.1, -0.05) is 11.6 Å². The number of nitrogens with zero attached hydrogens (tertiary/aromatic N) is 2. The Morgan fingerprint density at radius 1 is 1.55 bits per heavy atom. The first kappa shape index (κ1) is 16.2. The highest BCUT2D eigenvalue weighted by Gasteiger charge is 2.09. The molecule has 6 heteroatoms. The zero-order valence-electron chi connectivity index (χ0n) is 11.5. The highest BCUT2D eigenvalue weighted by Crippen LogP contribution is 2.24. The summed E-state index contributed by atoms with van der Waals surface area (Å²) in [5.74, 6) is 0.591. The molecule has 20 heavy (non-hydrogen) atoms. The number of nitrogens with two attached hydrogens (primary N) is 1. The molecule has 0 fully saturated rings. The van der Waals surface area contributed by atoms with E-state index in [1.54, 1.807) is 36.4 Å². The second-order valence-electron chi connectivity index (χ2n) is 3.99. The molecule has 0 aliphatic rings.